The molecule has 3 rings (SSSR count). The maximum atomic E-state index is 12.6. The second kappa shape index (κ2) is 7.77. The highest BCUT2D eigenvalue weighted by molar-refractivity contribution is 5.91. The number of carbonyl (C=O) groups is 2. The predicted octanol–water partition coefficient (Wildman–Crippen LogP) is 2.36. The Balaban J connectivity index is 1.47. The van der Waals surface area contributed by atoms with Crippen molar-refractivity contribution in [2.45, 2.75) is 63.3 Å². The van der Waals surface area contributed by atoms with Gasteiger partial charge in [0.1, 0.15) is 5.54 Å². The van der Waals surface area contributed by atoms with Gasteiger partial charge in [-0.3, -0.25) is 14.6 Å². The lowest BCUT2D eigenvalue weighted by Crippen LogP contribution is -2.57. The van der Waals surface area contributed by atoms with Gasteiger partial charge < -0.3 is 10.6 Å². The van der Waals surface area contributed by atoms with E-state index in [0.29, 0.717) is 12.3 Å². The third-order valence-electron chi connectivity index (χ3n) is 5.08. The van der Waals surface area contributed by atoms with E-state index in [4.69, 9.17) is 0 Å². The fraction of sp³-hybridized carbons (Fsp3) is 0.632. The number of pyridine rings is 1. The predicted molar refractivity (Wildman–Crippen MR) is 92.3 cm³/mol. The topological polar surface area (TPSA) is 71.1 Å². The van der Waals surface area contributed by atoms with Gasteiger partial charge in [0.25, 0.3) is 0 Å². The van der Waals surface area contributed by atoms with Crippen LogP contribution < -0.4 is 10.6 Å². The van der Waals surface area contributed by atoms with Crippen molar-refractivity contribution in [2.24, 2.45) is 5.92 Å². The van der Waals surface area contributed by atoms with Crippen LogP contribution in [0.5, 0.6) is 0 Å². The molecule has 2 amide bonds. The fourth-order valence-corrected chi connectivity index (χ4v) is 3.42. The van der Waals surface area contributed by atoms with E-state index in [1.54, 1.807) is 6.20 Å². The van der Waals surface area contributed by atoms with Crippen LogP contribution in [-0.2, 0) is 16.0 Å². The van der Waals surface area contributed by atoms with Crippen LogP contribution in [0.2, 0.25) is 0 Å². The summed E-state index contributed by atoms with van der Waals surface area (Å²) in [5.41, 5.74) is 0.333. The van der Waals surface area contributed by atoms with Gasteiger partial charge in [-0.1, -0.05) is 18.9 Å². The molecule has 1 heterocycles. The van der Waals surface area contributed by atoms with Crippen LogP contribution in [0.25, 0.3) is 0 Å². The molecule has 24 heavy (non-hydrogen) atoms. The van der Waals surface area contributed by atoms with Gasteiger partial charge in [-0.25, -0.2) is 0 Å². The number of carbonyl (C=O) groups excluding carboxylic acids is 2. The summed E-state index contributed by atoms with van der Waals surface area (Å²) in [5, 5.41) is 6.10. The molecule has 2 fully saturated rings. The van der Waals surface area contributed by atoms with Crippen molar-refractivity contribution in [3.8, 4) is 0 Å². The third-order valence-corrected chi connectivity index (χ3v) is 5.08. The van der Waals surface area contributed by atoms with Crippen LogP contribution in [0.4, 0.5) is 0 Å². The minimum atomic E-state index is -0.670. The maximum Gasteiger partial charge on any atom is 0.245 e. The number of nitrogens with zero attached hydrogens (tertiary/aromatic N) is 1. The smallest absolute Gasteiger partial charge is 0.245 e. The quantitative estimate of drug-likeness (QED) is 0.769. The van der Waals surface area contributed by atoms with E-state index < -0.39 is 5.54 Å². The average Bonchev–Trinajstić information content (AvgIpc) is 3.31. The highest BCUT2D eigenvalue weighted by Crippen LogP contribution is 2.31. The minimum Gasteiger partial charge on any atom is -0.354 e. The molecule has 0 spiro atoms. The number of aryl methyl sites for hydroxylation is 1. The summed E-state index contributed by atoms with van der Waals surface area (Å²) in [4.78, 5) is 29.2. The van der Waals surface area contributed by atoms with Crippen LogP contribution in [-0.4, -0.2) is 28.9 Å². The molecule has 0 atom stereocenters. The number of hydrogen-bond donors (Lipinski definition) is 2. The fourth-order valence-electron chi connectivity index (χ4n) is 3.42. The lowest BCUT2D eigenvalue weighted by Gasteiger charge is -2.29. The Morgan fingerprint density at radius 1 is 1.21 bits per heavy atom. The first-order valence-electron chi connectivity index (χ1n) is 9.17. The molecule has 1 aromatic rings. The molecule has 0 bridgehead atoms. The Labute approximate surface area is 143 Å². The summed E-state index contributed by atoms with van der Waals surface area (Å²) in [6.07, 6.45) is 9.71. The van der Waals surface area contributed by atoms with E-state index in [9.17, 15) is 9.59 Å². The Kier molecular flexibility index (Phi) is 5.48. The zero-order valence-electron chi connectivity index (χ0n) is 14.2. The molecule has 5 heteroatoms. The number of hydrogen-bond acceptors (Lipinski definition) is 3. The second-order valence-electron chi connectivity index (χ2n) is 7.17. The zero-order chi connectivity index (χ0) is 16.8. The molecule has 0 unspecified atom stereocenters. The number of rotatable bonds is 8. The molecular formula is C19H27N3O2. The first kappa shape index (κ1) is 16.9. The lowest BCUT2D eigenvalue weighted by atomic mass is 9.95. The molecular weight excluding hydrogens is 302 g/mol. The highest BCUT2D eigenvalue weighted by Gasteiger charge is 2.42. The van der Waals surface area contributed by atoms with Crippen molar-refractivity contribution in [3.05, 3.63) is 30.1 Å². The lowest BCUT2D eigenvalue weighted by molar-refractivity contribution is -0.133. The molecule has 1 aromatic heterocycles. The average molecular weight is 329 g/mol. The number of amides is 2. The second-order valence-corrected chi connectivity index (χ2v) is 7.17. The van der Waals surface area contributed by atoms with Gasteiger partial charge in [-0.2, -0.15) is 0 Å². The summed E-state index contributed by atoms with van der Waals surface area (Å²) in [6, 6.07) is 5.82. The van der Waals surface area contributed by atoms with Crippen molar-refractivity contribution < 1.29 is 9.59 Å². The monoisotopic (exact) mass is 329 g/mol. The Hall–Kier alpha value is -1.91. The molecule has 2 saturated carbocycles. The van der Waals surface area contributed by atoms with Crippen LogP contribution in [0.3, 0.4) is 0 Å². The van der Waals surface area contributed by atoms with Crippen molar-refractivity contribution in [1.29, 1.82) is 0 Å². The molecule has 5 nitrogen and oxygen atoms in total. The van der Waals surface area contributed by atoms with E-state index in [0.717, 1.165) is 50.8 Å². The van der Waals surface area contributed by atoms with Crippen molar-refractivity contribution >= 4 is 11.8 Å². The van der Waals surface area contributed by atoms with Gasteiger partial charge in [-0.15, -0.1) is 0 Å². The largest absolute Gasteiger partial charge is 0.354 e. The molecule has 130 valence electrons. The molecule has 0 saturated heterocycles. The van der Waals surface area contributed by atoms with Gasteiger partial charge in [0.2, 0.25) is 11.8 Å². The molecule has 0 radical (unpaired) electrons. The number of nitrogens with one attached hydrogen (secondary N) is 2. The van der Waals surface area contributed by atoms with Crippen molar-refractivity contribution in [2.75, 3.05) is 6.54 Å². The Morgan fingerprint density at radius 2 is 2.00 bits per heavy atom. The summed E-state index contributed by atoms with van der Waals surface area (Å²) in [7, 11) is 0. The minimum absolute atomic E-state index is 0.0185. The van der Waals surface area contributed by atoms with E-state index in [1.165, 1.54) is 12.8 Å². The van der Waals surface area contributed by atoms with Gasteiger partial charge in [0.15, 0.2) is 0 Å². The summed E-state index contributed by atoms with van der Waals surface area (Å²) in [5.74, 6) is 0.654. The van der Waals surface area contributed by atoms with Gasteiger partial charge >= 0.3 is 0 Å². The van der Waals surface area contributed by atoms with Crippen molar-refractivity contribution in [3.63, 3.8) is 0 Å². The number of aromatic nitrogens is 1. The first-order valence-corrected chi connectivity index (χ1v) is 9.17. The normalized spacial score (nSPS) is 19.0. The summed E-state index contributed by atoms with van der Waals surface area (Å²) in [6.45, 7) is 0.760. The molecule has 2 aliphatic carbocycles. The van der Waals surface area contributed by atoms with Crippen LogP contribution in [0.1, 0.15) is 57.1 Å². The maximum absolute atomic E-state index is 12.6. The summed E-state index contributed by atoms with van der Waals surface area (Å²) >= 11 is 0. The molecule has 2 N–H and O–H groups in total. The molecule has 0 aromatic carbocycles. The highest BCUT2D eigenvalue weighted by atomic mass is 16.2. The van der Waals surface area contributed by atoms with Crippen molar-refractivity contribution in [1.82, 2.24) is 15.6 Å². The van der Waals surface area contributed by atoms with E-state index in [2.05, 4.69) is 15.6 Å². The van der Waals surface area contributed by atoms with E-state index >= 15 is 0 Å². The van der Waals surface area contributed by atoms with Gasteiger partial charge in [-0.05, 0) is 56.6 Å². The van der Waals surface area contributed by atoms with Gasteiger partial charge in [0, 0.05) is 24.9 Å². The van der Waals surface area contributed by atoms with Gasteiger partial charge in [0.05, 0.1) is 0 Å². The third kappa shape index (κ3) is 4.56. The van der Waals surface area contributed by atoms with Crippen LogP contribution >= 0.6 is 0 Å². The zero-order valence-corrected chi connectivity index (χ0v) is 14.2. The van der Waals surface area contributed by atoms with E-state index in [1.807, 2.05) is 18.2 Å². The van der Waals surface area contributed by atoms with E-state index in [-0.39, 0.29) is 11.8 Å². The molecule has 0 aliphatic heterocycles. The van der Waals surface area contributed by atoms with Crippen LogP contribution in [0, 0.1) is 5.92 Å². The Morgan fingerprint density at radius 3 is 2.67 bits per heavy atom. The SMILES string of the molecule is O=C(CCCc1ccccn1)NC1(C(=O)NCC2CC2)CCCC1. The summed E-state index contributed by atoms with van der Waals surface area (Å²) < 4.78 is 0. The first-order chi connectivity index (χ1) is 11.7. The molecule has 2 aliphatic rings. The van der Waals surface area contributed by atoms with Crippen LogP contribution in [0.15, 0.2) is 24.4 Å². The standard InChI is InChI=1S/C19H27N3O2/c23-17(8-5-7-16-6-1-4-13-20-16)22-19(11-2-3-12-19)18(24)21-14-15-9-10-15/h1,4,6,13,15H,2-3,5,7-12,14H2,(H,21,24)(H,22,23). The Bertz CT molecular complexity index is 563.